The average molecular weight is 421 g/mol. The van der Waals surface area contributed by atoms with Crippen molar-refractivity contribution in [1.29, 1.82) is 0 Å². The predicted molar refractivity (Wildman–Crippen MR) is 98.9 cm³/mol. The third kappa shape index (κ3) is 5.79. The highest BCUT2D eigenvalue weighted by Crippen LogP contribution is 2.38. The highest BCUT2D eigenvalue weighted by atomic mass is 127. The van der Waals surface area contributed by atoms with Gasteiger partial charge in [-0.25, -0.2) is 4.39 Å². The van der Waals surface area contributed by atoms with Crippen LogP contribution in [0.15, 0.2) is 30.2 Å². The van der Waals surface area contributed by atoms with Crippen molar-refractivity contribution in [2.45, 2.75) is 51.4 Å². The minimum absolute atomic E-state index is 0.0712. The third-order valence-corrected chi connectivity index (χ3v) is 9.00. The van der Waals surface area contributed by atoms with Crippen LogP contribution in [0.3, 0.4) is 0 Å². The molecule has 1 rings (SSSR count). The Kier molecular flexibility index (Phi) is 7.00. The molecule has 0 unspecified atom stereocenters. The van der Waals surface area contributed by atoms with Crippen LogP contribution in [0.4, 0.5) is 4.39 Å². The van der Waals surface area contributed by atoms with Crippen molar-refractivity contribution in [1.82, 2.24) is 4.98 Å². The second-order valence-corrected chi connectivity index (χ2v) is 12.5. The molecule has 0 saturated heterocycles. The second-order valence-electron chi connectivity index (χ2n) is 6.63. The average Bonchev–Trinajstić information content (AvgIpc) is 2.37. The maximum atomic E-state index is 14.6. The van der Waals surface area contributed by atoms with Crippen LogP contribution in [0.25, 0.3) is 6.08 Å². The molecule has 0 radical (unpaired) electrons. The minimum Gasteiger partial charge on any atom is -0.408 e. The monoisotopic (exact) mass is 421 g/mol. The van der Waals surface area contributed by atoms with E-state index in [1.54, 1.807) is 12.3 Å². The van der Waals surface area contributed by atoms with Gasteiger partial charge >= 0.3 is 0 Å². The van der Waals surface area contributed by atoms with Crippen molar-refractivity contribution in [3.8, 4) is 0 Å². The highest BCUT2D eigenvalue weighted by Gasteiger charge is 2.39. The molecule has 0 aliphatic carbocycles. The topological polar surface area (TPSA) is 22.1 Å². The molecule has 0 spiro atoms. The first-order chi connectivity index (χ1) is 9.67. The van der Waals surface area contributed by atoms with Crippen LogP contribution in [0, 0.1) is 0 Å². The maximum absolute atomic E-state index is 14.6. The SMILES string of the molecule is CC(C)(C)[Si](C)(C)O[C@@H](CCI)C(F)=Cc1ccccn1. The van der Waals surface area contributed by atoms with E-state index in [0.29, 0.717) is 12.1 Å². The van der Waals surface area contributed by atoms with Gasteiger partial charge in [0.15, 0.2) is 8.32 Å². The quantitative estimate of drug-likeness (QED) is 0.339. The van der Waals surface area contributed by atoms with Gasteiger partial charge in [0, 0.05) is 10.6 Å². The van der Waals surface area contributed by atoms with E-state index in [9.17, 15) is 4.39 Å². The number of hydrogen-bond donors (Lipinski definition) is 0. The summed E-state index contributed by atoms with van der Waals surface area (Å²) in [4.78, 5) is 4.14. The maximum Gasteiger partial charge on any atom is 0.193 e. The zero-order chi connectivity index (χ0) is 16.1. The van der Waals surface area contributed by atoms with Crippen molar-refractivity contribution in [2.75, 3.05) is 4.43 Å². The van der Waals surface area contributed by atoms with E-state index in [1.165, 1.54) is 6.08 Å². The molecular formula is C16H25FINOSi. The van der Waals surface area contributed by atoms with Gasteiger partial charge in [-0.2, -0.15) is 0 Å². The summed E-state index contributed by atoms with van der Waals surface area (Å²) in [5.74, 6) is -0.227. The van der Waals surface area contributed by atoms with E-state index >= 15 is 0 Å². The lowest BCUT2D eigenvalue weighted by Gasteiger charge is -2.38. The van der Waals surface area contributed by atoms with Crippen molar-refractivity contribution < 1.29 is 8.82 Å². The Hall–Kier alpha value is -0.273. The number of rotatable bonds is 6. The lowest BCUT2D eigenvalue weighted by Crippen LogP contribution is -2.44. The lowest BCUT2D eigenvalue weighted by atomic mass is 10.2. The van der Waals surface area contributed by atoms with Gasteiger partial charge in [-0.05, 0) is 42.8 Å². The molecule has 1 aromatic heterocycles. The summed E-state index contributed by atoms with van der Waals surface area (Å²) in [6.45, 7) is 10.8. The van der Waals surface area contributed by atoms with Gasteiger partial charge < -0.3 is 4.43 Å². The molecule has 0 saturated carbocycles. The predicted octanol–water partition coefficient (Wildman–Crippen LogP) is 5.61. The van der Waals surface area contributed by atoms with Gasteiger partial charge in [-0.3, -0.25) is 4.98 Å². The molecule has 118 valence electrons. The molecule has 1 atom stereocenters. The molecule has 5 heteroatoms. The smallest absolute Gasteiger partial charge is 0.193 e. The summed E-state index contributed by atoms with van der Waals surface area (Å²) in [5, 5.41) is 0.0712. The molecule has 0 aliphatic rings. The lowest BCUT2D eigenvalue weighted by molar-refractivity contribution is 0.187. The zero-order valence-electron chi connectivity index (χ0n) is 13.5. The summed E-state index contributed by atoms with van der Waals surface area (Å²) >= 11 is 2.27. The van der Waals surface area contributed by atoms with Crippen LogP contribution in [0.5, 0.6) is 0 Å². The fourth-order valence-corrected chi connectivity index (χ4v) is 3.44. The van der Waals surface area contributed by atoms with E-state index in [1.807, 2.05) is 12.1 Å². The summed E-state index contributed by atoms with van der Waals surface area (Å²) in [7, 11) is -1.99. The van der Waals surface area contributed by atoms with Crippen LogP contribution in [-0.2, 0) is 4.43 Å². The molecule has 1 aromatic rings. The van der Waals surface area contributed by atoms with Crippen LogP contribution < -0.4 is 0 Å². The number of aromatic nitrogens is 1. The van der Waals surface area contributed by atoms with Crippen LogP contribution in [0.2, 0.25) is 18.1 Å². The summed E-state index contributed by atoms with van der Waals surface area (Å²) in [6, 6.07) is 5.48. The first-order valence-electron chi connectivity index (χ1n) is 7.19. The Morgan fingerprint density at radius 2 is 2.10 bits per heavy atom. The van der Waals surface area contributed by atoms with Crippen molar-refractivity contribution >= 4 is 37.0 Å². The van der Waals surface area contributed by atoms with E-state index in [2.05, 4.69) is 61.4 Å². The van der Waals surface area contributed by atoms with Gasteiger partial charge in [0.25, 0.3) is 0 Å². The van der Waals surface area contributed by atoms with Gasteiger partial charge in [0.1, 0.15) is 5.83 Å². The first-order valence-corrected chi connectivity index (χ1v) is 11.6. The molecule has 0 aliphatic heterocycles. The van der Waals surface area contributed by atoms with Crippen LogP contribution >= 0.6 is 22.6 Å². The van der Waals surface area contributed by atoms with Crippen molar-refractivity contribution in [2.24, 2.45) is 0 Å². The van der Waals surface area contributed by atoms with Gasteiger partial charge in [-0.1, -0.05) is 49.4 Å². The number of halogens is 2. The first kappa shape index (κ1) is 18.8. The Balaban J connectivity index is 2.94. The fourth-order valence-electron chi connectivity index (χ4n) is 1.58. The van der Waals surface area contributed by atoms with Crippen LogP contribution in [-0.4, -0.2) is 23.8 Å². The molecule has 0 bridgehead atoms. The largest absolute Gasteiger partial charge is 0.408 e. The molecule has 0 aromatic carbocycles. The molecule has 21 heavy (non-hydrogen) atoms. The van der Waals surface area contributed by atoms with Gasteiger partial charge in [0.05, 0.1) is 11.8 Å². The third-order valence-electron chi connectivity index (χ3n) is 3.90. The van der Waals surface area contributed by atoms with Crippen LogP contribution in [0.1, 0.15) is 32.9 Å². The Labute approximate surface area is 142 Å². The molecular weight excluding hydrogens is 396 g/mol. The summed E-state index contributed by atoms with van der Waals surface area (Å²) in [6.07, 6.45) is 3.37. The Morgan fingerprint density at radius 1 is 1.43 bits per heavy atom. The Morgan fingerprint density at radius 3 is 2.57 bits per heavy atom. The number of alkyl halides is 1. The number of nitrogens with zero attached hydrogens (tertiary/aromatic N) is 1. The minimum atomic E-state index is -1.99. The highest BCUT2D eigenvalue weighted by molar-refractivity contribution is 14.1. The van der Waals surface area contributed by atoms with Crippen molar-refractivity contribution in [3.63, 3.8) is 0 Å². The second kappa shape index (κ2) is 7.83. The fraction of sp³-hybridized carbons (Fsp3) is 0.562. The van der Waals surface area contributed by atoms with Gasteiger partial charge in [-0.15, -0.1) is 0 Å². The number of hydrogen-bond acceptors (Lipinski definition) is 2. The standard InChI is InChI=1S/C16H25FINOSi/c1-16(2,3)21(4,5)20-15(9-10-18)14(17)12-13-8-6-7-11-19-13/h6-8,11-12,15H,9-10H2,1-5H3/t15-/m0/s1. The molecule has 0 N–H and O–H groups in total. The van der Waals surface area contributed by atoms with E-state index < -0.39 is 14.4 Å². The normalized spacial score (nSPS) is 15.1. The molecule has 2 nitrogen and oxygen atoms in total. The zero-order valence-corrected chi connectivity index (χ0v) is 16.6. The van der Waals surface area contributed by atoms with Gasteiger partial charge in [0.2, 0.25) is 0 Å². The number of pyridine rings is 1. The van der Waals surface area contributed by atoms with E-state index in [4.69, 9.17) is 4.43 Å². The Bertz CT molecular complexity index is 471. The molecule has 1 heterocycles. The molecule has 0 amide bonds. The summed E-state index contributed by atoms with van der Waals surface area (Å²) < 4.78 is 21.7. The van der Waals surface area contributed by atoms with Crippen molar-refractivity contribution in [3.05, 3.63) is 35.9 Å². The summed E-state index contributed by atoms with van der Waals surface area (Å²) in [5.41, 5.74) is 0.632. The van der Waals surface area contributed by atoms with E-state index in [-0.39, 0.29) is 10.9 Å². The molecule has 0 fully saturated rings. The van der Waals surface area contributed by atoms with E-state index in [0.717, 1.165) is 4.43 Å².